The number of urea groups is 1. The minimum atomic E-state index is -0.588. The Balaban J connectivity index is 1.86. The van der Waals surface area contributed by atoms with Crippen LogP contribution in [0.15, 0.2) is 4.52 Å². The van der Waals surface area contributed by atoms with Crippen LogP contribution in [0.5, 0.6) is 0 Å². The number of rotatable bonds is 5. The molecular weight excluding hydrogens is 272 g/mol. The van der Waals surface area contributed by atoms with Crippen molar-refractivity contribution in [3.05, 3.63) is 11.7 Å². The zero-order chi connectivity index (χ0) is 15.3. The van der Waals surface area contributed by atoms with Crippen molar-refractivity contribution in [1.29, 1.82) is 0 Å². The second-order valence-electron chi connectivity index (χ2n) is 5.95. The number of nitrogens with one attached hydrogen (secondary N) is 2. The third-order valence-electron chi connectivity index (χ3n) is 4.20. The first-order chi connectivity index (χ1) is 10.0. The van der Waals surface area contributed by atoms with Crippen LogP contribution in [0.2, 0.25) is 0 Å². The number of aromatic nitrogens is 2. The van der Waals surface area contributed by atoms with Crippen LogP contribution in [0.3, 0.4) is 0 Å². The van der Waals surface area contributed by atoms with Gasteiger partial charge in [-0.25, -0.2) is 4.79 Å². The molecule has 0 aliphatic heterocycles. The van der Waals surface area contributed by atoms with Crippen molar-refractivity contribution in [3.63, 3.8) is 0 Å². The lowest BCUT2D eigenvalue weighted by Gasteiger charge is -2.39. The molecule has 21 heavy (non-hydrogen) atoms. The molecule has 0 spiro atoms. The molecule has 0 aromatic carbocycles. The van der Waals surface area contributed by atoms with Crippen molar-refractivity contribution < 1.29 is 14.4 Å². The molecule has 0 saturated heterocycles. The molecule has 3 N–H and O–H groups in total. The maximum absolute atomic E-state index is 12.0. The van der Waals surface area contributed by atoms with Gasteiger partial charge in [0.1, 0.15) is 0 Å². The first kappa shape index (κ1) is 15.8. The molecule has 1 saturated carbocycles. The smallest absolute Gasteiger partial charge is 0.315 e. The number of hydrogen-bond acceptors (Lipinski definition) is 5. The normalized spacial score (nSPS) is 19.0. The van der Waals surface area contributed by atoms with Crippen LogP contribution in [0.1, 0.15) is 50.7 Å². The number of hydrogen-bond donors (Lipinski definition) is 3. The molecular formula is C14H24N4O3. The second-order valence-corrected chi connectivity index (χ2v) is 5.95. The van der Waals surface area contributed by atoms with Gasteiger partial charge in [-0.15, -0.1) is 0 Å². The minimum Gasteiger partial charge on any atom is -0.394 e. The largest absolute Gasteiger partial charge is 0.394 e. The fourth-order valence-corrected chi connectivity index (χ4v) is 2.88. The number of carbonyl (C=O) groups is 1. The lowest BCUT2D eigenvalue weighted by Crippen LogP contribution is -2.57. The quantitative estimate of drug-likeness (QED) is 0.764. The molecule has 7 heteroatoms. The Morgan fingerprint density at radius 1 is 1.43 bits per heavy atom. The van der Waals surface area contributed by atoms with Gasteiger partial charge in [0.05, 0.1) is 18.7 Å². The Morgan fingerprint density at radius 2 is 2.14 bits per heavy atom. The van der Waals surface area contributed by atoms with Gasteiger partial charge in [-0.2, -0.15) is 4.98 Å². The van der Waals surface area contributed by atoms with E-state index in [0.29, 0.717) is 17.6 Å². The van der Waals surface area contributed by atoms with Gasteiger partial charge < -0.3 is 20.3 Å². The zero-order valence-electron chi connectivity index (χ0n) is 12.7. The summed E-state index contributed by atoms with van der Waals surface area (Å²) in [6.45, 7) is 3.74. The maximum atomic E-state index is 12.0. The fourth-order valence-electron chi connectivity index (χ4n) is 2.88. The molecule has 1 aromatic heterocycles. The fraction of sp³-hybridized carbons (Fsp3) is 0.786. The Labute approximate surface area is 124 Å². The van der Waals surface area contributed by atoms with E-state index in [9.17, 15) is 9.90 Å². The highest BCUT2D eigenvalue weighted by atomic mass is 16.5. The van der Waals surface area contributed by atoms with Crippen molar-refractivity contribution in [3.8, 4) is 0 Å². The number of carbonyl (C=O) groups excluding carboxylic acids is 1. The lowest BCUT2D eigenvalue weighted by atomic mass is 9.76. The van der Waals surface area contributed by atoms with Crippen LogP contribution in [-0.2, 0) is 6.54 Å². The Bertz CT molecular complexity index is 471. The molecule has 1 aromatic rings. The highest BCUT2D eigenvalue weighted by Crippen LogP contribution is 2.32. The average molecular weight is 296 g/mol. The van der Waals surface area contributed by atoms with Crippen LogP contribution < -0.4 is 10.6 Å². The molecule has 1 aliphatic rings. The van der Waals surface area contributed by atoms with Crippen LogP contribution in [0.4, 0.5) is 4.79 Å². The summed E-state index contributed by atoms with van der Waals surface area (Å²) in [6.07, 6.45) is 5.64. The van der Waals surface area contributed by atoms with E-state index in [1.54, 1.807) is 6.92 Å². The van der Waals surface area contributed by atoms with Gasteiger partial charge >= 0.3 is 6.03 Å². The first-order valence-corrected chi connectivity index (χ1v) is 7.49. The van der Waals surface area contributed by atoms with Crippen molar-refractivity contribution in [2.45, 2.75) is 58.0 Å². The molecule has 0 radical (unpaired) electrons. The van der Waals surface area contributed by atoms with Gasteiger partial charge in [0.15, 0.2) is 5.82 Å². The summed E-state index contributed by atoms with van der Waals surface area (Å²) in [5.41, 5.74) is -0.588. The zero-order valence-corrected chi connectivity index (χ0v) is 12.7. The van der Waals surface area contributed by atoms with E-state index in [1.807, 2.05) is 6.92 Å². The van der Waals surface area contributed by atoms with E-state index in [0.717, 1.165) is 25.7 Å². The lowest BCUT2D eigenvalue weighted by molar-refractivity contribution is 0.101. The standard InChI is InChI=1S/C14H24N4O3/c1-10-16-12(21-18-10)8-15-13(20)17-14(2,9-19)11-6-4-3-5-7-11/h11,19H,3-9H2,1-2H3,(H2,15,17,20)/t14-/m1/s1. The predicted octanol–water partition coefficient (Wildman–Crippen LogP) is 1.51. The van der Waals surface area contributed by atoms with Crippen molar-refractivity contribution >= 4 is 6.03 Å². The summed E-state index contributed by atoms with van der Waals surface area (Å²) < 4.78 is 4.93. The molecule has 2 amide bonds. The second kappa shape index (κ2) is 6.89. The Kier molecular flexibility index (Phi) is 5.17. The predicted molar refractivity (Wildman–Crippen MR) is 76.5 cm³/mol. The molecule has 1 heterocycles. The number of aliphatic hydroxyl groups is 1. The molecule has 2 rings (SSSR count). The number of amides is 2. The molecule has 1 fully saturated rings. The van der Waals surface area contributed by atoms with E-state index in [-0.39, 0.29) is 19.2 Å². The molecule has 0 bridgehead atoms. The first-order valence-electron chi connectivity index (χ1n) is 7.49. The monoisotopic (exact) mass is 296 g/mol. The molecule has 0 unspecified atom stereocenters. The SMILES string of the molecule is Cc1noc(CNC(=O)N[C@](C)(CO)C2CCCCC2)n1. The third kappa shape index (κ3) is 4.17. The van der Waals surface area contributed by atoms with E-state index < -0.39 is 5.54 Å². The molecule has 118 valence electrons. The van der Waals surface area contributed by atoms with E-state index >= 15 is 0 Å². The summed E-state index contributed by atoms with van der Waals surface area (Å²) in [4.78, 5) is 16.0. The summed E-state index contributed by atoms with van der Waals surface area (Å²) in [6, 6.07) is -0.326. The van der Waals surface area contributed by atoms with Crippen molar-refractivity contribution in [1.82, 2.24) is 20.8 Å². The topological polar surface area (TPSA) is 100 Å². The summed E-state index contributed by atoms with van der Waals surface area (Å²) in [5, 5.41) is 18.9. The van der Waals surface area contributed by atoms with Gasteiger partial charge in [-0.1, -0.05) is 24.4 Å². The molecule has 7 nitrogen and oxygen atoms in total. The van der Waals surface area contributed by atoms with E-state index in [2.05, 4.69) is 20.8 Å². The van der Waals surface area contributed by atoms with Crippen LogP contribution in [0, 0.1) is 12.8 Å². The number of aryl methyl sites for hydroxylation is 1. The van der Waals surface area contributed by atoms with Gasteiger partial charge in [-0.3, -0.25) is 0 Å². The van der Waals surface area contributed by atoms with Crippen LogP contribution in [-0.4, -0.2) is 33.4 Å². The van der Waals surface area contributed by atoms with Gasteiger partial charge in [0, 0.05) is 0 Å². The van der Waals surface area contributed by atoms with Gasteiger partial charge in [0.2, 0.25) is 5.89 Å². The highest BCUT2D eigenvalue weighted by Gasteiger charge is 2.35. The molecule has 1 aliphatic carbocycles. The van der Waals surface area contributed by atoms with E-state index in [4.69, 9.17) is 4.52 Å². The average Bonchev–Trinajstić information content (AvgIpc) is 2.91. The summed E-state index contributed by atoms with van der Waals surface area (Å²) in [5.74, 6) is 1.22. The van der Waals surface area contributed by atoms with E-state index in [1.165, 1.54) is 6.42 Å². The minimum absolute atomic E-state index is 0.0647. The maximum Gasteiger partial charge on any atom is 0.315 e. The Morgan fingerprint density at radius 3 is 2.71 bits per heavy atom. The number of aliphatic hydroxyl groups excluding tert-OH is 1. The summed E-state index contributed by atoms with van der Waals surface area (Å²) in [7, 11) is 0. The van der Waals surface area contributed by atoms with Crippen LogP contribution in [0.25, 0.3) is 0 Å². The van der Waals surface area contributed by atoms with Gasteiger partial charge in [0.25, 0.3) is 0 Å². The summed E-state index contributed by atoms with van der Waals surface area (Å²) >= 11 is 0. The van der Waals surface area contributed by atoms with Crippen LogP contribution >= 0.6 is 0 Å². The molecule has 1 atom stereocenters. The van der Waals surface area contributed by atoms with Gasteiger partial charge in [-0.05, 0) is 32.6 Å². The van der Waals surface area contributed by atoms with Crippen molar-refractivity contribution in [2.24, 2.45) is 5.92 Å². The Hall–Kier alpha value is -1.63. The van der Waals surface area contributed by atoms with Crippen molar-refractivity contribution in [2.75, 3.05) is 6.61 Å². The number of nitrogens with zero attached hydrogens (tertiary/aromatic N) is 2. The highest BCUT2D eigenvalue weighted by molar-refractivity contribution is 5.74. The third-order valence-corrected chi connectivity index (χ3v) is 4.20.